The third-order valence-electron chi connectivity index (χ3n) is 2.68. The maximum absolute atomic E-state index is 6.16. The largest absolute Gasteiger partial charge is 0.492 e. The number of hydrogen-bond donors (Lipinski definition) is 1. The minimum absolute atomic E-state index is 0.105. The number of rotatable bonds is 3. The molecule has 1 saturated heterocycles. The zero-order valence-electron chi connectivity index (χ0n) is 9.55. The van der Waals surface area contributed by atoms with Gasteiger partial charge >= 0.3 is 0 Å². The Morgan fingerprint density at radius 2 is 2.38 bits per heavy atom. The van der Waals surface area contributed by atoms with Crippen molar-refractivity contribution in [1.82, 2.24) is 5.32 Å². The van der Waals surface area contributed by atoms with Gasteiger partial charge in [0, 0.05) is 6.54 Å². The summed E-state index contributed by atoms with van der Waals surface area (Å²) in [6, 6.07) is 3.92. The number of halogens is 1. The van der Waals surface area contributed by atoms with E-state index in [1.54, 1.807) is 0 Å². The Labute approximate surface area is 101 Å². The highest BCUT2D eigenvalue weighted by Gasteiger charge is 2.20. The van der Waals surface area contributed by atoms with Gasteiger partial charge in [-0.1, -0.05) is 11.6 Å². The maximum Gasteiger partial charge on any atom is 0.138 e. The molecule has 1 fully saturated rings. The molecule has 1 aliphatic rings. The molecule has 2 rings (SSSR count). The van der Waals surface area contributed by atoms with Gasteiger partial charge in [0.2, 0.25) is 0 Å². The molecule has 0 spiro atoms. The number of benzene rings is 1. The molecule has 16 heavy (non-hydrogen) atoms. The van der Waals surface area contributed by atoms with Crippen LogP contribution in [0.4, 0.5) is 0 Å². The fourth-order valence-corrected chi connectivity index (χ4v) is 2.12. The highest BCUT2D eigenvalue weighted by atomic mass is 35.5. The second-order valence-electron chi connectivity index (χ2n) is 3.83. The van der Waals surface area contributed by atoms with E-state index in [0.717, 1.165) is 23.4 Å². The zero-order chi connectivity index (χ0) is 11.5. The van der Waals surface area contributed by atoms with E-state index in [1.165, 1.54) is 0 Å². The topological polar surface area (TPSA) is 30.5 Å². The molecule has 1 aromatic carbocycles. The standard InChI is InChI=1S/C12H16ClNO2/c1-3-15-11-4-8(2)9(5-10(11)13)12-6-14-7-16-12/h4-5,12,14H,3,6-7H2,1-2H3. The summed E-state index contributed by atoms with van der Waals surface area (Å²) in [6.07, 6.45) is 0.105. The summed E-state index contributed by atoms with van der Waals surface area (Å²) >= 11 is 6.16. The zero-order valence-corrected chi connectivity index (χ0v) is 10.3. The highest BCUT2D eigenvalue weighted by molar-refractivity contribution is 6.32. The Morgan fingerprint density at radius 3 is 3.00 bits per heavy atom. The number of ether oxygens (including phenoxy) is 2. The average molecular weight is 242 g/mol. The molecule has 0 radical (unpaired) electrons. The first-order chi connectivity index (χ1) is 7.72. The summed E-state index contributed by atoms with van der Waals surface area (Å²) < 4.78 is 11.0. The first-order valence-corrected chi connectivity index (χ1v) is 5.85. The quantitative estimate of drug-likeness (QED) is 0.883. The van der Waals surface area contributed by atoms with E-state index in [-0.39, 0.29) is 6.10 Å². The van der Waals surface area contributed by atoms with E-state index in [0.29, 0.717) is 18.4 Å². The van der Waals surface area contributed by atoms with Crippen LogP contribution in [0.5, 0.6) is 5.75 Å². The molecular weight excluding hydrogens is 226 g/mol. The molecule has 1 aromatic rings. The predicted octanol–water partition coefficient (Wildman–Crippen LogP) is 2.67. The SMILES string of the molecule is CCOc1cc(C)c(C2CNCO2)cc1Cl. The van der Waals surface area contributed by atoms with Crippen molar-refractivity contribution in [1.29, 1.82) is 0 Å². The Bertz CT molecular complexity index is 376. The molecule has 0 aromatic heterocycles. The van der Waals surface area contributed by atoms with E-state index < -0.39 is 0 Å². The van der Waals surface area contributed by atoms with Crippen LogP contribution < -0.4 is 10.1 Å². The Hall–Kier alpha value is -0.770. The van der Waals surface area contributed by atoms with E-state index in [9.17, 15) is 0 Å². The Balaban J connectivity index is 2.29. The van der Waals surface area contributed by atoms with Gasteiger partial charge in [-0.3, -0.25) is 5.32 Å². The molecule has 1 unspecified atom stereocenters. The summed E-state index contributed by atoms with van der Waals surface area (Å²) in [5, 5.41) is 3.81. The van der Waals surface area contributed by atoms with Crippen LogP contribution in [0.3, 0.4) is 0 Å². The van der Waals surface area contributed by atoms with E-state index in [2.05, 4.69) is 12.2 Å². The van der Waals surface area contributed by atoms with Gasteiger partial charge in [0.1, 0.15) is 5.75 Å². The molecule has 1 heterocycles. The fraction of sp³-hybridized carbons (Fsp3) is 0.500. The van der Waals surface area contributed by atoms with Crippen molar-refractivity contribution in [3.05, 3.63) is 28.3 Å². The van der Waals surface area contributed by atoms with Crippen molar-refractivity contribution in [2.75, 3.05) is 19.9 Å². The molecule has 4 heteroatoms. The van der Waals surface area contributed by atoms with Crippen LogP contribution in [0.1, 0.15) is 24.2 Å². The summed E-state index contributed by atoms with van der Waals surface area (Å²) in [5.74, 6) is 0.747. The summed E-state index contributed by atoms with van der Waals surface area (Å²) in [6.45, 7) is 6.07. The minimum Gasteiger partial charge on any atom is -0.492 e. The first-order valence-electron chi connectivity index (χ1n) is 5.47. The third-order valence-corrected chi connectivity index (χ3v) is 2.98. The molecule has 0 amide bonds. The smallest absolute Gasteiger partial charge is 0.138 e. The van der Waals surface area contributed by atoms with Crippen molar-refractivity contribution < 1.29 is 9.47 Å². The lowest BCUT2D eigenvalue weighted by Gasteiger charge is -2.15. The minimum atomic E-state index is 0.105. The molecule has 0 aliphatic carbocycles. The van der Waals surface area contributed by atoms with E-state index in [1.807, 2.05) is 19.1 Å². The Morgan fingerprint density at radius 1 is 1.56 bits per heavy atom. The van der Waals surface area contributed by atoms with Crippen molar-refractivity contribution in [3.8, 4) is 5.75 Å². The van der Waals surface area contributed by atoms with Crippen molar-refractivity contribution in [3.63, 3.8) is 0 Å². The van der Waals surface area contributed by atoms with Gasteiger partial charge in [0.15, 0.2) is 0 Å². The molecule has 0 saturated carbocycles. The normalized spacial score (nSPS) is 20.1. The molecular formula is C12H16ClNO2. The van der Waals surface area contributed by atoms with Gasteiger partial charge in [0.25, 0.3) is 0 Å². The van der Waals surface area contributed by atoms with Crippen LogP contribution in [0.15, 0.2) is 12.1 Å². The summed E-state index contributed by atoms with van der Waals surface area (Å²) in [5.41, 5.74) is 2.29. The molecule has 0 bridgehead atoms. The van der Waals surface area contributed by atoms with Crippen LogP contribution in [0, 0.1) is 6.92 Å². The van der Waals surface area contributed by atoms with Crippen molar-refractivity contribution >= 4 is 11.6 Å². The number of hydrogen-bond acceptors (Lipinski definition) is 3. The van der Waals surface area contributed by atoms with Gasteiger partial charge < -0.3 is 9.47 Å². The first kappa shape index (κ1) is 11.7. The van der Waals surface area contributed by atoms with E-state index in [4.69, 9.17) is 21.1 Å². The van der Waals surface area contributed by atoms with Gasteiger partial charge in [-0.2, -0.15) is 0 Å². The third kappa shape index (κ3) is 2.32. The number of aryl methyl sites for hydroxylation is 1. The van der Waals surface area contributed by atoms with Crippen molar-refractivity contribution in [2.45, 2.75) is 20.0 Å². The second kappa shape index (κ2) is 5.04. The lowest BCUT2D eigenvalue weighted by atomic mass is 10.0. The highest BCUT2D eigenvalue weighted by Crippen LogP contribution is 2.32. The molecule has 1 atom stereocenters. The Kier molecular flexibility index (Phi) is 3.69. The molecule has 1 N–H and O–H groups in total. The van der Waals surface area contributed by atoms with Gasteiger partial charge in [0.05, 0.1) is 24.5 Å². The second-order valence-corrected chi connectivity index (χ2v) is 4.23. The maximum atomic E-state index is 6.16. The van der Waals surface area contributed by atoms with Crippen molar-refractivity contribution in [2.24, 2.45) is 0 Å². The average Bonchev–Trinajstić information content (AvgIpc) is 2.76. The van der Waals surface area contributed by atoms with E-state index >= 15 is 0 Å². The lowest BCUT2D eigenvalue weighted by molar-refractivity contribution is 0.114. The predicted molar refractivity (Wildman–Crippen MR) is 64.1 cm³/mol. The van der Waals surface area contributed by atoms with Crippen LogP contribution in [0.25, 0.3) is 0 Å². The molecule has 1 aliphatic heterocycles. The fourth-order valence-electron chi connectivity index (χ4n) is 1.89. The van der Waals surface area contributed by atoms with Crippen LogP contribution in [-0.2, 0) is 4.74 Å². The van der Waals surface area contributed by atoms with Gasteiger partial charge in [-0.25, -0.2) is 0 Å². The lowest BCUT2D eigenvalue weighted by Crippen LogP contribution is -2.09. The summed E-state index contributed by atoms with van der Waals surface area (Å²) in [4.78, 5) is 0. The molecule has 88 valence electrons. The number of nitrogens with one attached hydrogen (secondary N) is 1. The van der Waals surface area contributed by atoms with Crippen LogP contribution >= 0.6 is 11.6 Å². The van der Waals surface area contributed by atoms with Gasteiger partial charge in [-0.05, 0) is 37.1 Å². The molecule has 3 nitrogen and oxygen atoms in total. The monoisotopic (exact) mass is 241 g/mol. The van der Waals surface area contributed by atoms with Crippen LogP contribution in [-0.4, -0.2) is 19.9 Å². The summed E-state index contributed by atoms with van der Waals surface area (Å²) in [7, 11) is 0. The van der Waals surface area contributed by atoms with Crippen LogP contribution in [0.2, 0.25) is 5.02 Å². The van der Waals surface area contributed by atoms with Gasteiger partial charge in [-0.15, -0.1) is 0 Å².